The Morgan fingerprint density at radius 2 is 2.08 bits per heavy atom. The van der Waals surface area contributed by atoms with E-state index in [1.54, 1.807) is 0 Å². The molecular weight excluding hydrogens is 166 g/mol. The van der Waals surface area contributed by atoms with Gasteiger partial charge in [0.05, 0.1) is 0 Å². The van der Waals surface area contributed by atoms with Crippen LogP contribution in [0.15, 0.2) is 0 Å². The van der Waals surface area contributed by atoms with E-state index in [4.69, 9.17) is 5.73 Å². The van der Waals surface area contributed by atoms with Crippen molar-refractivity contribution in [2.75, 3.05) is 18.1 Å². The lowest BCUT2D eigenvalue weighted by atomic mass is 9.65. The second-order valence-corrected chi connectivity index (χ2v) is 6.00. The summed E-state index contributed by atoms with van der Waals surface area (Å²) in [5.41, 5.74) is 6.68. The Hall–Kier alpha value is 0.310. The van der Waals surface area contributed by atoms with Crippen molar-refractivity contribution in [2.45, 2.75) is 33.6 Å². The standard InChI is InChI=1S/C10H21NS/c1-9(2,3)10(7-11)5-4-6-12-8-10/h4-8,11H2,1-3H3. The summed E-state index contributed by atoms with van der Waals surface area (Å²) in [5, 5.41) is 0. The number of nitrogens with two attached hydrogens (primary N) is 1. The van der Waals surface area contributed by atoms with Gasteiger partial charge >= 0.3 is 0 Å². The highest BCUT2D eigenvalue weighted by Crippen LogP contribution is 2.46. The fourth-order valence-corrected chi connectivity index (χ4v) is 3.49. The van der Waals surface area contributed by atoms with E-state index in [1.807, 2.05) is 0 Å². The quantitative estimate of drug-likeness (QED) is 0.682. The van der Waals surface area contributed by atoms with Gasteiger partial charge in [0, 0.05) is 5.75 Å². The Bertz CT molecular complexity index is 142. The van der Waals surface area contributed by atoms with Crippen molar-refractivity contribution in [3.8, 4) is 0 Å². The average Bonchev–Trinajstić information content (AvgIpc) is 2.04. The lowest BCUT2D eigenvalue weighted by Gasteiger charge is -2.46. The van der Waals surface area contributed by atoms with Crippen LogP contribution in [-0.2, 0) is 0 Å². The van der Waals surface area contributed by atoms with Crippen LogP contribution in [0, 0.1) is 10.8 Å². The SMILES string of the molecule is CC(C)(C)C1(CN)CCCSC1. The Kier molecular flexibility index (Phi) is 3.11. The third-order valence-corrected chi connectivity index (χ3v) is 4.64. The van der Waals surface area contributed by atoms with Crippen molar-refractivity contribution >= 4 is 11.8 Å². The molecule has 0 aromatic carbocycles. The van der Waals surface area contributed by atoms with Crippen molar-refractivity contribution < 1.29 is 0 Å². The van der Waals surface area contributed by atoms with Gasteiger partial charge in [0.15, 0.2) is 0 Å². The van der Waals surface area contributed by atoms with Crippen LogP contribution >= 0.6 is 11.8 Å². The molecule has 0 amide bonds. The summed E-state index contributed by atoms with van der Waals surface area (Å²) in [6, 6.07) is 0. The Morgan fingerprint density at radius 1 is 1.42 bits per heavy atom. The van der Waals surface area contributed by atoms with Crippen molar-refractivity contribution in [3.05, 3.63) is 0 Å². The first-order valence-corrected chi connectivity index (χ1v) is 5.95. The number of rotatable bonds is 1. The molecule has 0 aromatic heterocycles. The summed E-state index contributed by atoms with van der Waals surface area (Å²) in [5.74, 6) is 2.59. The first-order valence-electron chi connectivity index (χ1n) is 4.80. The predicted molar refractivity (Wildman–Crippen MR) is 57.5 cm³/mol. The number of thioether (sulfide) groups is 1. The van der Waals surface area contributed by atoms with E-state index in [0.29, 0.717) is 10.8 Å². The molecule has 0 bridgehead atoms. The molecule has 0 aliphatic carbocycles. The third-order valence-electron chi connectivity index (χ3n) is 3.30. The van der Waals surface area contributed by atoms with Crippen LogP contribution in [0.3, 0.4) is 0 Å². The van der Waals surface area contributed by atoms with E-state index in [0.717, 1.165) is 6.54 Å². The van der Waals surface area contributed by atoms with Gasteiger partial charge in [-0.05, 0) is 36.0 Å². The maximum Gasteiger partial charge on any atom is 0.000630 e. The molecule has 0 saturated carbocycles. The van der Waals surface area contributed by atoms with Gasteiger partial charge in [0.1, 0.15) is 0 Å². The summed E-state index contributed by atoms with van der Waals surface area (Å²) in [7, 11) is 0. The molecule has 1 aliphatic heterocycles. The van der Waals surface area contributed by atoms with Crippen molar-refractivity contribution in [1.29, 1.82) is 0 Å². The lowest BCUT2D eigenvalue weighted by Crippen LogP contribution is -2.46. The molecular formula is C10H21NS. The van der Waals surface area contributed by atoms with E-state index < -0.39 is 0 Å². The highest BCUT2D eigenvalue weighted by atomic mass is 32.2. The molecule has 1 nitrogen and oxygen atoms in total. The van der Waals surface area contributed by atoms with E-state index in [1.165, 1.54) is 24.3 Å². The molecule has 1 unspecified atom stereocenters. The summed E-state index contributed by atoms with van der Waals surface area (Å²) in [6.45, 7) is 7.83. The van der Waals surface area contributed by atoms with Gasteiger partial charge in [0.2, 0.25) is 0 Å². The minimum absolute atomic E-state index is 0.370. The normalized spacial score (nSPS) is 32.0. The fraction of sp³-hybridized carbons (Fsp3) is 1.00. The van der Waals surface area contributed by atoms with Crippen LogP contribution in [0.5, 0.6) is 0 Å². The predicted octanol–water partition coefficient (Wildman–Crippen LogP) is 2.50. The van der Waals surface area contributed by atoms with E-state index in [-0.39, 0.29) is 0 Å². The van der Waals surface area contributed by atoms with Crippen LogP contribution in [0.1, 0.15) is 33.6 Å². The Morgan fingerprint density at radius 3 is 2.33 bits per heavy atom. The number of hydrogen-bond donors (Lipinski definition) is 1. The van der Waals surface area contributed by atoms with Gasteiger partial charge in [0.25, 0.3) is 0 Å². The van der Waals surface area contributed by atoms with Crippen LogP contribution in [0.25, 0.3) is 0 Å². The van der Waals surface area contributed by atoms with Crippen LogP contribution < -0.4 is 5.73 Å². The van der Waals surface area contributed by atoms with E-state index in [2.05, 4.69) is 32.5 Å². The molecule has 1 fully saturated rings. The zero-order chi connectivity index (χ0) is 9.24. The maximum atomic E-state index is 5.91. The molecule has 0 radical (unpaired) electrons. The summed E-state index contributed by atoms with van der Waals surface area (Å²) >= 11 is 2.07. The van der Waals surface area contributed by atoms with Gasteiger partial charge in [-0.2, -0.15) is 11.8 Å². The van der Waals surface area contributed by atoms with Gasteiger partial charge in [-0.15, -0.1) is 0 Å². The van der Waals surface area contributed by atoms with Gasteiger partial charge in [-0.25, -0.2) is 0 Å². The van der Waals surface area contributed by atoms with E-state index >= 15 is 0 Å². The van der Waals surface area contributed by atoms with Crippen molar-refractivity contribution in [1.82, 2.24) is 0 Å². The third kappa shape index (κ3) is 1.80. The van der Waals surface area contributed by atoms with Crippen LogP contribution in [-0.4, -0.2) is 18.1 Å². The maximum absolute atomic E-state index is 5.91. The summed E-state index contributed by atoms with van der Waals surface area (Å²) in [6.07, 6.45) is 2.67. The minimum atomic E-state index is 0.370. The van der Waals surface area contributed by atoms with Crippen LogP contribution in [0.2, 0.25) is 0 Å². The molecule has 0 spiro atoms. The highest BCUT2D eigenvalue weighted by molar-refractivity contribution is 7.99. The largest absolute Gasteiger partial charge is 0.330 e. The fourth-order valence-electron chi connectivity index (χ4n) is 1.91. The summed E-state index contributed by atoms with van der Waals surface area (Å²) < 4.78 is 0. The zero-order valence-electron chi connectivity index (χ0n) is 8.52. The molecule has 2 N–H and O–H groups in total. The molecule has 0 aromatic rings. The molecule has 1 atom stereocenters. The first kappa shape index (κ1) is 10.4. The molecule has 2 heteroatoms. The Balaban J connectivity index is 2.73. The first-order chi connectivity index (χ1) is 5.52. The molecule has 12 heavy (non-hydrogen) atoms. The number of hydrogen-bond acceptors (Lipinski definition) is 2. The van der Waals surface area contributed by atoms with E-state index in [9.17, 15) is 0 Å². The molecule has 1 heterocycles. The molecule has 1 saturated heterocycles. The molecule has 1 rings (SSSR count). The summed E-state index contributed by atoms with van der Waals surface area (Å²) in [4.78, 5) is 0. The Labute approximate surface area is 80.5 Å². The second kappa shape index (κ2) is 3.59. The molecule has 1 aliphatic rings. The average molecular weight is 187 g/mol. The second-order valence-electron chi connectivity index (χ2n) is 4.89. The topological polar surface area (TPSA) is 26.0 Å². The van der Waals surface area contributed by atoms with Gasteiger partial charge in [-0.1, -0.05) is 20.8 Å². The van der Waals surface area contributed by atoms with Crippen molar-refractivity contribution in [2.24, 2.45) is 16.6 Å². The highest BCUT2D eigenvalue weighted by Gasteiger charge is 2.41. The van der Waals surface area contributed by atoms with Gasteiger partial charge in [-0.3, -0.25) is 0 Å². The zero-order valence-corrected chi connectivity index (χ0v) is 9.34. The van der Waals surface area contributed by atoms with Crippen LogP contribution in [0.4, 0.5) is 0 Å². The molecule has 72 valence electrons. The monoisotopic (exact) mass is 187 g/mol. The lowest BCUT2D eigenvalue weighted by molar-refractivity contribution is 0.108. The van der Waals surface area contributed by atoms with Crippen molar-refractivity contribution in [3.63, 3.8) is 0 Å². The smallest absolute Gasteiger partial charge is 0.000630 e. The van der Waals surface area contributed by atoms with Gasteiger partial charge < -0.3 is 5.73 Å². The minimum Gasteiger partial charge on any atom is -0.330 e.